The van der Waals surface area contributed by atoms with E-state index >= 15 is 0 Å². The van der Waals surface area contributed by atoms with Crippen LogP contribution in [-0.4, -0.2) is 37.3 Å². The molecule has 1 aromatic carbocycles. The smallest absolute Gasteiger partial charge is 0.382 e. The molecule has 0 radical (unpaired) electrons. The Morgan fingerprint density at radius 1 is 1.15 bits per heavy atom. The fraction of sp³-hybridized carbons (Fsp3) is 0.320. The largest absolute Gasteiger partial charge is 0.390 e. The molecule has 4 aromatic rings. The second-order valence-corrected chi connectivity index (χ2v) is 8.62. The number of fused-ring (bicyclic) bond motifs is 1. The summed E-state index contributed by atoms with van der Waals surface area (Å²) < 4.78 is 39.7. The summed E-state index contributed by atoms with van der Waals surface area (Å²) >= 11 is 0. The van der Waals surface area contributed by atoms with Crippen LogP contribution in [0, 0.1) is 0 Å². The number of halogens is 3. The molecule has 0 amide bonds. The van der Waals surface area contributed by atoms with E-state index in [4.69, 9.17) is 5.10 Å². The Morgan fingerprint density at radius 2 is 1.88 bits per heavy atom. The highest BCUT2D eigenvalue weighted by molar-refractivity contribution is 5.77. The molecule has 3 aromatic heterocycles. The van der Waals surface area contributed by atoms with Crippen LogP contribution in [0.5, 0.6) is 0 Å². The molecule has 0 aliphatic heterocycles. The number of nitrogens with one attached hydrogen (secondary N) is 2. The van der Waals surface area contributed by atoms with Crippen molar-refractivity contribution in [2.24, 2.45) is 0 Å². The Bertz CT molecular complexity index is 1340. The molecule has 2 N–H and O–H groups in total. The fourth-order valence-electron chi connectivity index (χ4n) is 3.84. The van der Waals surface area contributed by atoms with Gasteiger partial charge in [0.15, 0.2) is 5.65 Å². The minimum Gasteiger partial charge on any atom is -0.382 e. The number of anilines is 1. The number of aromatic nitrogens is 5. The number of imidazole rings is 2. The normalized spacial score (nSPS) is 14.7. The Balaban J connectivity index is 1.48. The molecule has 0 atom stereocenters. The molecular weight excluding hydrogens is 441 g/mol. The van der Waals surface area contributed by atoms with Crippen LogP contribution in [0.3, 0.4) is 0 Å². The van der Waals surface area contributed by atoms with Crippen molar-refractivity contribution in [3.63, 3.8) is 0 Å². The summed E-state index contributed by atoms with van der Waals surface area (Å²) in [5.41, 5.74) is 6.26. The first-order valence-corrected chi connectivity index (χ1v) is 11.3. The first-order chi connectivity index (χ1) is 16.3. The Labute approximate surface area is 195 Å². The van der Waals surface area contributed by atoms with Crippen LogP contribution < -0.4 is 5.32 Å². The Hall–Kier alpha value is -3.62. The van der Waals surface area contributed by atoms with Crippen molar-refractivity contribution in [3.8, 4) is 22.5 Å². The minimum absolute atomic E-state index is 0.235. The molecular formula is C25H25F3N6. The molecule has 34 heavy (non-hydrogen) atoms. The maximum Gasteiger partial charge on any atom is 0.390 e. The number of nitrogens with zero attached hydrogens (tertiary/aromatic N) is 4. The van der Waals surface area contributed by atoms with Crippen molar-refractivity contribution in [2.45, 2.75) is 45.2 Å². The van der Waals surface area contributed by atoms with Crippen LogP contribution in [0.15, 0.2) is 48.8 Å². The van der Waals surface area contributed by atoms with Crippen LogP contribution >= 0.6 is 0 Å². The van der Waals surface area contributed by atoms with E-state index in [-0.39, 0.29) is 6.54 Å². The Morgan fingerprint density at radius 3 is 2.56 bits per heavy atom. The maximum absolute atomic E-state index is 12.7. The van der Waals surface area contributed by atoms with Crippen LogP contribution in [0.4, 0.5) is 18.9 Å². The topological polar surface area (TPSA) is 70.9 Å². The predicted molar refractivity (Wildman–Crippen MR) is 126 cm³/mol. The van der Waals surface area contributed by atoms with Gasteiger partial charge in [0.25, 0.3) is 0 Å². The highest BCUT2D eigenvalue weighted by Gasteiger charge is 2.27. The van der Waals surface area contributed by atoms with Gasteiger partial charge in [0.05, 0.1) is 41.6 Å². The molecule has 176 valence electrons. The second-order valence-electron chi connectivity index (χ2n) is 8.62. The SMILES string of the molecule is C/C=C(/C)c1cc(NCCC(F)(F)F)c2ncc(-c3ccc(-c4cnc(C5CC5)[nH]4)cc3)n2n1. The maximum atomic E-state index is 12.7. The molecule has 0 unspecified atom stereocenters. The zero-order valence-corrected chi connectivity index (χ0v) is 18.9. The molecule has 1 fully saturated rings. The summed E-state index contributed by atoms with van der Waals surface area (Å²) in [6, 6.07) is 9.76. The summed E-state index contributed by atoms with van der Waals surface area (Å²) in [6.45, 7) is 3.58. The van der Waals surface area contributed by atoms with Gasteiger partial charge in [-0.15, -0.1) is 0 Å². The van der Waals surface area contributed by atoms with E-state index in [2.05, 4.69) is 20.3 Å². The fourth-order valence-corrected chi connectivity index (χ4v) is 3.84. The summed E-state index contributed by atoms with van der Waals surface area (Å²) in [6.07, 6.45) is 2.70. The van der Waals surface area contributed by atoms with E-state index < -0.39 is 12.6 Å². The summed E-state index contributed by atoms with van der Waals surface area (Å²) in [5, 5.41) is 7.61. The number of allylic oxidation sites excluding steroid dienone is 2. The lowest BCUT2D eigenvalue weighted by atomic mass is 10.1. The second kappa shape index (κ2) is 8.62. The molecule has 0 saturated heterocycles. The van der Waals surface area contributed by atoms with E-state index in [9.17, 15) is 13.2 Å². The van der Waals surface area contributed by atoms with Gasteiger partial charge in [-0.2, -0.15) is 18.3 Å². The van der Waals surface area contributed by atoms with Crippen molar-refractivity contribution in [1.82, 2.24) is 24.6 Å². The molecule has 1 saturated carbocycles. The monoisotopic (exact) mass is 466 g/mol. The third-order valence-electron chi connectivity index (χ3n) is 6.08. The molecule has 3 heterocycles. The first kappa shape index (κ1) is 22.2. The van der Waals surface area contributed by atoms with Gasteiger partial charge in [-0.3, -0.25) is 0 Å². The summed E-state index contributed by atoms with van der Waals surface area (Å²) in [7, 11) is 0. The average molecular weight is 467 g/mol. The zero-order chi connectivity index (χ0) is 23.9. The molecule has 1 aliphatic rings. The molecule has 6 nitrogen and oxygen atoms in total. The van der Waals surface area contributed by atoms with E-state index in [1.807, 2.05) is 50.4 Å². The van der Waals surface area contributed by atoms with Gasteiger partial charge in [-0.25, -0.2) is 14.5 Å². The summed E-state index contributed by atoms with van der Waals surface area (Å²) in [5.74, 6) is 1.61. The number of alkyl halides is 3. The summed E-state index contributed by atoms with van der Waals surface area (Å²) in [4.78, 5) is 12.4. The lowest BCUT2D eigenvalue weighted by Gasteiger charge is -2.12. The highest BCUT2D eigenvalue weighted by atomic mass is 19.4. The average Bonchev–Trinajstić information content (AvgIpc) is 3.38. The zero-order valence-electron chi connectivity index (χ0n) is 18.9. The van der Waals surface area contributed by atoms with Crippen molar-refractivity contribution in [2.75, 3.05) is 11.9 Å². The molecule has 5 rings (SSSR count). The number of benzene rings is 1. The quantitative estimate of drug-likeness (QED) is 0.328. The van der Waals surface area contributed by atoms with Gasteiger partial charge in [-0.05, 0) is 43.9 Å². The van der Waals surface area contributed by atoms with Gasteiger partial charge >= 0.3 is 6.18 Å². The van der Waals surface area contributed by atoms with Crippen LogP contribution in [-0.2, 0) is 0 Å². The number of hydrogen-bond donors (Lipinski definition) is 2. The minimum atomic E-state index is -4.23. The van der Waals surface area contributed by atoms with Gasteiger partial charge in [0.2, 0.25) is 0 Å². The van der Waals surface area contributed by atoms with Gasteiger partial charge in [0.1, 0.15) is 5.82 Å². The van der Waals surface area contributed by atoms with Crippen molar-refractivity contribution in [1.29, 1.82) is 0 Å². The van der Waals surface area contributed by atoms with Crippen molar-refractivity contribution in [3.05, 3.63) is 60.3 Å². The molecule has 1 aliphatic carbocycles. The third kappa shape index (κ3) is 4.55. The lowest BCUT2D eigenvalue weighted by Crippen LogP contribution is -2.15. The van der Waals surface area contributed by atoms with E-state index in [1.165, 1.54) is 12.8 Å². The number of hydrogen-bond acceptors (Lipinski definition) is 4. The van der Waals surface area contributed by atoms with E-state index in [1.54, 1.807) is 16.8 Å². The number of rotatable bonds is 7. The highest BCUT2D eigenvalue weighted by Crippen LogP contribution is 2.39. The van der Waals surface area contributed by atoms with E-state index in [0.29, 0.717) is 22.9 Å². The van der Waals surface area contributed by atoms with Crippen LogP contribution in [0.25, 0.3) is 33.7 Å². The van der Waals surface area contributed by atoms with Gasteiger partial charge < -0.3 is 10.3 Å². The third-order valence-corrected chi connectivity index (χ3v) is 6.08. The van der Waals surface area contributed by atoms with Gasteiger partial charge in [0, 0.05) is 18.0 Å². The molecule has 9 heteroatoms. The predicted octanol–water partition coefficient (Wildman–Crippen LogP) is 6.45. The first-order valence-electron chi connectivity index (χ1n) is 11.3. The Kier molecular flexibility index (Phi) is 5.63. The number of aromatic amines is 1. The lowest BCUT2D eigenvalue weighted by molar-refractivity contribution is -0.131. The van der Waals surface area contributed by atoms with Crippen LogP contribution in [0.1, 0.15) is 50.5 Å². The van der Waals surface area contributed by atoms with Crippen molar-refractivity contribution >= 4 is 16.9 Å². The standard InChI is InChI=1S/C25H25F3N6/c1-3-15(2)19-12-20(29-11-10-25(26,27)28)24-31-14-22(34(24)33-19)17-6-4-16(5-7-17)21-13-30-23(32-21)18-8-9-18/h3-7,12-14,18,29H,8-11H2,1-2H3,(H,30,32)/b15-3-. The van der Waals surface area contributed by atoms with Crippen molar-refractivity contribution < 1.29 is 13.2 Å². The molecule has 0 spiro atoms. The van der Waals surface area contributed by atoms with Gasteiger partial charge in [-0.1, -0.05) is 30.3 Å². The molecule has 0 bridgehead atoms. The van der Waals surface area contributed by atoms with Crippen LogP contribution in [0.2, 0.25) is 0 Å². The van der Waals surface area contributed by atoms with E-state index in [0.717, 1.165) is 33.9 Å². The number of H-pyrrole nitrogens is 1.